The second kappa shape index (κ2) is 6.44. The standard InChI is InChI=1S/C12H17NO5/c1-8(18-2)11(14)7-12(15)9-4-3-5-10(6-9)13(16)17/h3-6,8,11-12,14-15H,7H2,1-2H3/t8-,11-,12-/m1/s1. The van der Waals surface area contributed by atoms with Gasteiger partial charge in [-0.3, -0.25) is 10.1 Å². The Balaban J connectivity index is 2.75. The molecule has 0 bridgehead atoms. The molecule has 1 aromatic carbocycles. The van der Waals surface area contributed by atoms with Crippen LogP contribution in [0.4, 0.5) is 5.69 Å². The van der Waals surface area contributed by atoms with Crippen LogP contribution in [0.5, 0.6) is 0 Å². The molecule has 0 aliphatic rings. The van der Waals surface area contributed by atoms with Crippen LogP contribution in [-0.2, 0) is 4.74 Å². The van der Waals surface area contributed by atoms with Gasteiger partial charge in [-0.05, 0) is 12.5 Å². The Morgan fingerprint density at radius 3 is 2.67 bits per heavy atom. The number of aliphatic hydroxyl groups excluding tert-OH is 2. The van der Waals surface area contributed by atoms with E-state index < -0.39 is 23.2 Å². The van der Waals surface area contributed by atoms with Gasteiger partial charge in [0.05, 0.1) is 23.2 Å². The molecule has 0 saturated heterocycles. The SMILES string of the molecule is CO[C@H](C)[C@H](O)C[C@@H](O)c1cccc([N+](=O)[O-])c1. The van der Waals surface area contributed by atoms with Crippen LogP contribution in [0.1, 0.15) is 25.0 Å². The fourth-order valence-corrected chi connectivity index (χ4v) is 1.56. The number of methoxy groups -OCH3 is 1. The number of nitro groups is 1. The lowest BCUT2D eigenvalue weighted by atomic mass is 10.0. The molecule has 0 heterocycles. The Morgan fingerprint density at radius 1 is 1.44 bits per heavy atom. The second-order valence-electron chi connectivity index (χ2n) is 4.11. The third-order valence-corrected chi connectivity index (χ3v) is 2.84. The number of hydrogen-bond donors (Lipinski definition) is 2. The minimum atomic E-state index is -0.961. The molecule has 6 heteroatoms. The average molecular weight is 255 g/mol. The molecular formula is C12H17NO5. The van der Waals surface area contributed by atoms with Crippen molar-refractivity contribution < 1.29 is 19.9 Å². The van der Waals surface area contributed by atoms with Crippen molar-refractivity contribution in [3.8, 4) is 0 Å². The highest BCUT2D eigenvalue weighted by Crippen LogP contribution is 2.23. The quantitative estimate of drug-likeness (QED) is 0.592. The monoisotopic (exact) mass is 255 g/mol. The van der Waals surface area contributed by atoms with E-state index >= 15 is 0 Å². The molecule has 3 atom stereocenters. The summed E-state index contributed by atoms with van der Waals surface area (Å²) in [5.74, 6) is 0. The second-order valence-corrected chi connectivity index (χ2v) is 4.11. The first kappa shape index (κ1) is 14.6. The lowest BCUT2D eigenvalue weighted by Crippen LogP contribution is -2.26. The molecule has 18 heavy (non-hydrogen) atoms. The first-order chi connectivity index (χ1) is 8.45. The molecule has 1 rings (SSSR count). The number of nitro benzene ring substituents is 1. The van der Waals surface area contributed by atoms with E-state index in [2.05, 4.69) is 0 Å². The highest BCUT2D eigenvalue weighted by Gasteiger charge is 2.20. The van der Waals surface area contributed by atoms with Crippen LogP contribution >= 0.6 is 0 Å². The number of rotatable bonds is 6. The van der Waals surface area contributed by atoms with Crippen LogP contribution in [0.15, 0.2) is 24.3 Å². The summed E-state index contributed by atoms with van der Waals surface area (Å²) in [6.07, 6.45) is -2.13. The Morgan fingerprint density at radius 2 is 2.11 bits per heavy atom. The largest absolute Gasteiger partial charge is 0.390 e. The summed E-state index contributed by atoms with van der Waals surface area (Å²) in [7, 11) is 1.47. The predicted molar refractivity (Wildman–Crippen MR) is 65.2 cm³/mol. The van der Waals surface area contributed by atoms with Crippen LogP contribution in [0.25, 0.3) is 0 Å². The molecular weight excluding hydrogens is 238 g/mol. The number of hydrogen-bond acceptors (Lipinski definition) is 5. The van der Waals surface area contributed by atoms with Crippen molar-refractivity contribution >= 4 is 5.69 Å². The fraction of sp³-hybridized carbons (Fsp3) is 0.500. The number of nitrogens with zero attached hydrogens (tertiary/aromatic N) is 1. The molecule has 0 amide bonds. The third-order valence-electron chi connectivity index (χ3n) is 2.84. The van der Waals surface area contributed by atoms with Gasteiger partial charge in [-0.2, -0.15) is 0 Å². The lowest BCUT2D eigenvalue weighted by Gasteiger charge is -2.20. The zero-order valence-corrected chi connectivity index (χ0v) is 10.3. The molecule has 0 saturated carbocycles. The summed E-state index contributed by atoms with van der Waals surface area (Å²) in [5.41, 5.74) is 0.326. The van der Waals surface area contributed by atoms with E-state index in [1.54, 1.807) is 13.0 Å². The van der Waals surface area contributed by atoms with Crippen molar-refractivity contribution in [2.75, 3.05) is 7.11 Å². The maximum absolute atomic E-state index is 10.6. The smallest absolute Gasteiger partial charge is 0.269 e. The van der Waals surface area contributed by atoms with Gasteiger partial charge < -0.3 is 14.9 Å². The van der Waals surface area contributed by atoms with Crippen LogP contribution in [0, 0.1) is 10.1 Å². The van der Waals surface area contributed by atoms with Gasteiger partial charge in [0.1, 0.15) is 0 Å². The van der Waals surface area contributed by atoms with E-state index in [1.807, 2.05) is 0 Å². The van der Waals surface area contributed by atoms with E-state index in [0.717, 1.165) is 0 Å². The molecule has 0 aromatic heterocycles. The van der Waals surface area contributed by atoms with Crippen molar-refractivity contribution in [3.05, 3.63) is 39.9 Å². The lowest BCUT2D eigenvalue weighted by molar-refractivity contribution is -0.385. The van der Waals surface area contributed by atoms with Crippen molar-refractivity contribution in [3.63, 3.8) is 0 Å². The predicted octanol–water partition coefficient (Wildman–Crippen LogP) is 1.41. The first-order valence-corrected chi connectivity index (χ1v) is 5.59. The maximum atomic E-state index is 10.6. The summed E-state index contributed by atoms with van der Waals surface area (Å²) >= 11 is 0. The molecule has 0 spiro atoms. The summed E-state index contributed by atoms with van der Waals surface area (Å²) in [6, 6.07) is 5.74. The Bertz CT molecular complexity index is 409. The molecule has 0 aliphatic carbocycles. The van der Waals surface area contributed by atoms with E-state index in [0.29, 0.717) is 5.56 Å². The van der Waals surface area contributed by atoms with Crippen molar-refractivity contribution in [2.45, 2.75) is 31.7 Å². The van der Waals surface area contributed by atoms with Gasteiger partial charge in [0.15, 0.2) is 0 Å². The van der Waals surface area contributed by atoms with Crippen LogP contribution in [0.2, 0.25) is 0 Å². The first-order valence-electron chi connectivity index (χ1n) is 5.59. The normalized spacial score (nSPS) is 16.0. The van der Waals surface area contributed by atoms with E-state index in [4.69, 9.17) is 4.74 Å². The molecule has 0 radical (unpaired) electrons. The van der Waals surface area contributed by atoms with Gasteiger partial charge in [-0.1, -0.05) is 12.1 Å². The molecule has 100 valence electrons. The molecule has 0 aliphatic heterocycles. The molecule has 2 N–H and O–H groups in total. The number of ether oxygens (including phenoxy) is 1. The number of benzene rings is 1. The van der Waals surface area contributed by atoms with Gasteiger partial charge in [-0.15, -0.1) is 0 Å². The highest BCUT2D eigenvalue weighted by atomic mass is 16.6. The molecule has 1 aromatic rings. The van der Waals surface area contributed by atoms with Gasteiger partial charge in [0.2, 0.25) is 0 Å². The van der Waals surface area contributed by atoms with Crippen molar-refractivity contribution in [1.82, 2.24) is 0 Å². The van der Waals surface area contributed by atoms with E-state index in [1.165, 1.54) is 25.3 Å². The summed E-state index contributed by atoms with van der Waals surface area (Å²) in [5, 5.41) is 30.2. The number of non-ortho nitro benzene ring substituents is 1. The Labute approximate surface area is 105 Å². The summed E-state index contributed by atoms with van der Waals surface area (Å²) < 4.78 is 4.94. The van der Waals surface area contributed by atoms with Crippen LogP contribution in [-0.4, -0.2) is 34.5 Å². The zero-order valence-electron chi connectivity index (χ0n) is 10.3. The van der Waals surface area contributed by atoms with Crippen molar-refractivity contribution in [1.29, 1.82) is 0 Å². The van der Waals surface area contributed by atoms with E-state index in [9.17, 15) is 20.3 Å². The Hall–Kier alpha value is -1.50. The molecule has 0 fully saturated rings. The Kier molecular flexibility index (Phi) is 5.21. The average Bonchev–Trinajstić information content (AvgIpc) is 2.37. The highest BCUT2D eigenvalue weighted by molar-refractivity contribution is 5.35. The van der Waals surface area contributed by atoms with Gasteiger partial charge in [-0.25, -0.2) is 0 Å². The third kappa shape index (κ3) is 3.76. The summed E-state index contributed by atoms with van der Waals surface area (Å²) in [6.45, 7) is 1.69. The number of aliphatic hydroxyl groups is 2. The van der Waals surface area contributed by atoms with Gasteiger partial charge in [0, 0.05) is 25.7 Å². The van der Waals surface area contributed by atoms with Crippen LogP contribution in [0.3, 0.4) is 0 Å². The maximum Gasteiger partial charge on any atom is 0.269 e. The van der Waals surface area contributed by atoms with E-state index in [-0.39, 0.29) is 12.1 Å². The zero-order chi connectivity index (χ0) is 13.7. The molecule has 0 unspecified atom stereocenters. The van der Waals surface area contributed by atoms with Crippen LogP contribution < -0.4 is 0 Å². The molecule has 6 nitrogen and oxygen atoms in total. The van der Waals surface area contributed by atoms with Crippen molar-refractivity contribution in [2.24, 2.45) is 0 Å². The summed E-state index contributed by atoms with van der Waals surface area (Å²) in [4.78, 5) is 10.1. The minimum Gasteiger partial charge on any atom is -0.390 e. The van der Waals surface area contributed by atoms with Gasteiger partial charge in [0.25, 0.3) is 5.69 Å². The topological polar surface area (TPSA) is 92.8 Å². The van der Waals surface area contributed by atoms with Gasteiger partial charge >= 0.3 is 0 Å². The minimum absolute atomic E-state index is 0.0656. The fourth-order valence-electron chi connectivity index (χ4n) is 1.56.